The van der Waals surface area contributed by atoms with Crippen molar-refractivity contribution in [2.24, 2.45) is 5.92 Å². The Bertz CT molecular complexity index is 307. The van der Waals surface area contributed by atoms with Crippen LogP contribution < -0.4 is 0 Å². The van der Waals surface area contributed by atoms with E-state index in [1.165, 1.54) is 12.6 Å². The van der Waals surface area contributed by atoms with Gasteiger partial charge in [-0.05, 0) is 12.8 Å². The van der Waals surface area contributed by atoms with Crippen molar-refractivity contribution in [3.8, 4) is 6.07 Å². The third kappa shape index (κ3) is 7.37. The predicted molar refractivity (Wildman–Crippen MR) is 81.5 cm³/mol. The van der Waals surface area contributed by atoms with Crippen LogP contribution in [0.3, 0.4) is 0 Å². The van der Waals surface area contributed by atoms with Gasteiger partial charge in [-0.1, -0.05) is 30.7 Å². The van der Waals surface area contributed by atoms with Crippen molar-refractivity contribution < 1.29 is 0 Å². The third-order valence-corrected chi connectivity index (χ3v) is 2.38. The van der Waals surface area contributed by atoms with Crippen LogP contribution in [0.25, 0.3) is 0 Å². The largest absolute Gasteiger partial charge is 0.198 e. The Morgan fingerprint density at radius 2 is 2.18 bits per heavy atom. The quantitative estimate of drug-likeness (QED) is 0.588. The van der Waals surface area contributed by atoms with Gasteiger partial charge in [-0.25, -0.2) is 0 Å². The zero-order valence-corrected chi connectivity index (χ0v) is 10.2. The fourth-order valence-electron chi connectivity index (χ4n) is 1.20. The highest BCUT2D eigenvalue weighted by Crippen LogP contribution is 2.17. The SMILES string of the molecule is CCC1=CC(C#N)CC=C1.[B][B]B([B])B([B])[B]. The van der Waals surface area contributed by atoms with Crippen LogP contribution in [0.4, 0.5) is 0 Å². The molecule has 9 radical (unpaired) electrons. The number of nitrogens with zero attached hydrogens (tertiary/aromatic N) is 1. The van der Waals surface area contributed by atoms with Crippen LogP contribution in [0.5, 0.6) is 0 Å². The molecule has 0 bridgehead atoms. The molecule has 0 spiro atoms. The summed E-state index contributed by atoms with van der Waals surface area (Å²) in [6.45, 7) is 2.11. The molecular weight excluding hydrogens is 198 g/mol. The maximum Gasteiger partial charge on any atom is 0.0700 e. The lowest BCUT2D eigenvalue weighted by atomic mass is 8.76. The Hall–Kier alpha value is -0.575. The van der Waals surface area contributed by atoms with Gasteiger partial charge in [-0.2, -0.15) is 5.26 Å². The van der Waals surface area contributed by atoms with E-state index in [0.717, 1.165) is 12.8 Å². The lowest BCUT2D eigenvalue weighted by Gasteiger charge is -2.07. The minimum atomic E-state index is -0.537. The van der Waals surface area contributed by atoms with E-state index in [4.69, 9.17) is 36.2 Å². The molecule has 1 atom stereocenters. The van der Waals surface area contributed by atoms with Gasteiger partial charge in [-0.15, -0.1) is 0 Å². The van der Waals surface area contributed by atoms with Gasteiger partial charge in [0.2, 0.25) is 0 Å². The van der Waals surface area contributed by atoms with E-state index in [1.54, 1.807) is 0 Å². The fraction of sp³-hybridized carbons (Fsp3) is 0.444. The minimum absolute atomic E-state index is 0.125. The second-order valence-electron chi connectivity index (χ2n) is 3.82. The summed E-state index contributed by atoms with van der Waals surface area (Å²) in [5, 5.41) is 8.58. The summed E-state index contributed by atoms with van der Waals surface area (Å²) in [5.41, 5.74) is 1.29. The normalized spacial score (nSPS) is 16.9. The smallest absolute Gasteiger partial charge is 0.0700 e. The highest BCUT2D eigenvalue weighted by Gasteiger charge is 2.06. The first-order chi connectivity index (χ1) is 8.04. The van der Waals surface area contributed by atoms with Crippen LogP contribution in [-0.2, 0) is 0 Å². The molecule has 0 aromatic rings. The van der Waals surface area contributed by atoms with Crippen molar-refractivity contribution in [2.45, 2.75) is 19.8 Å². The van der Waals surface area contributed by atoms with Gasteiger partial charge in [0.05, 0.1) is 12.0 Å². The first kappa shape index (κ1) is 16.4. The summed E-state index contributed by atoms with van der Waals surface area (Å²) >= 11 is 0. The molecular formula is C9H11B7N. The molecule has 0 N–H and O–H groups in total. The Labute approximate surface area is 112 Å². The molecule has 0 aromatic carbocycles. The molecule has 73 valence electrons. The van der Waals surface area contributed by atoms with Crippen molar-refractivity contribution in [2.75, 3.05) is 0 Å². The molecule has 17 heavy (non-hydrogen) atoms. The first-order valence-electron chi connectivity index (χ1n) is 5.63. The number of rotatable bonds is 3. The molecule has 8 heteroatoms. The van der Waals surface area contributed by atoms with E-state index >= 15 is 0 Å². The monoisotopic (exact) mass is 210 g/mol. The molecule has 1 aliphatic rings. The molecule has 0 amide bonds. The van der Waals surface area contributed by atoms with Crippen LogP contribution in [0.1, 0.15) is 19.8 Å². The van der Waals surface area contributed by atoms with Crippen molar-refractivity contribution in [1.29, 1.82) is 5.26 Å². The zero-order chi connectivity index (χ0) is 13.3. The van der Waals surface area contributed by atoms with Crippen molar-refractivity contribution >= 4 is 50.8 Å². The minimum Gasteiger partial charge on any atom is -0.198 e. The molecule has 1 rings (SSSR count). The van der Waals surface area contributed by atoms with Crippen LogP contribution in [0, 0.1) is 17.2 Å². The molecule has 1 nitrogen and oxygen atoms in total. The van der Waals surface area contributed by atoms with E-state index in [9.17, 15) is 0 Å². The summed E-state index contributed by atoms with van der Waals surface area (Å²) < 4.78 is 0. The van der Waals surface area contributed by atoms with E-state index in [-0.39, 0.29) is 12.3 Å². The average molecular weight is 209 g/mol. The van der Waals surface area contributed by atoms with Gasteiger partial charge >= 0.3 is 0 Å². The summed E-state index contributed by atoms with van der Waals surface area (Å²) in [5.74, 6) is 0.125. The van der Waals surface area contributed by atoms with Crippen molar-refractivity contribution in [3.05, 3.63) is 23.8 Å². The summed E-state index contributed by atoms with van der Waals surface area (Å²) in [4.78, 5) is 0. The lowest BCUT2D eigenvalue weighted by molar-refractivity contribution is 0.818. The standard InChI is InChI=1S/C9H11N.B7/c1-2-8-4-3-5-9(6-8)7-10;1-5-7(4)6(2)3/h3-4,6,9H,2,5H2,1H3;. The van der Waals surface area contributed by atoms with E-state index in [1.807, 2.05) is 0 Å². The maximum atomic E-state index is 8.58. The molecule has 0 saturated heterocycles. The Morgan fingerprint density at radius 3 is 2.53 bits per heavy atom. The van der Waals surface area contributed by atoms with E-state index < -0.39 is 6.39 Å². The average Bonchev–Trinajstić information content (AvgIpc) is 2.38. The third-order valence-electron chi connectivity index (χ3n) is 2.38. The van der Waals surface area contributed by atoms with Gasteiger partial charge in [-0.3, -0.25) is 0 Å². The van der Waals surface area contributed by atoms with Gasteiger partial charge in [0.25, 0.3) is 0 Å². The van der Waals surface area contributed by atoms with Gasteiger partial charge in [0, 0.05) is 50.8 Å². The molecule has 0 aliphatic heterocycles. The van der Waals surface area contributed by atoms with E-state index in [2.05, 4.69) is 31.2 Å². The Balaban J connectivity index is 0.000000325. The Kier molecular flexibility index (Phi) is 9.13. The second kappa shape index (κ2) is 9.45. The van der Waals surface area contributed by atoms with Gasteiger partial charge in [0.1, 0.15) is 0 Å². The molecule has 0 heterocycles. The maximum absolute atomic E-state index is 8.58. The van der Waals surface area contributed by atoms with Crippen LogP contribution in [0.15, 0.2) is 23.8 Å². The summed E-state index contributed by atoms with van der Waals surface area (Å²) in [7, 11) is 21.6. The number of hydrogen-bond acceptors (Lipinski definition) is 1. The lowest BCUT2D eigenvalue weighted by Crippen LogP contribution is -2.43. The Morgan fingerprint density at radius 1 is 1.53 bits per heavy atom. The zero-order valence-electron chi connectivity index (χ0n) is 10.2. The molecule has 0 saturated carbocycles. The molecule has 0 aromatic heterocycles. The second-order valence-corrected chi connectivity index (χ2v) is 3.82. The summed E-state index contributed by atoms with van der Waals surface area (Å²) in [6, 6.07) is 2.24. The number of nitriles is 1. The van der Waals surface area contributed by atoms with E-state index in [0.29, 0.717) is 0 Å². The van der Waals surface area contributed by atoms with Crippen molar-refractivity contribution in [1.82, 2.24) is 0 Å². The predicted octanol–water partition coefficient (Wildman–Crippen LogP) is -0.243. The van der Waals surface area contributed by atoms with Gasteiger partial charge < -0.3 is 0 Å². The van der Waals surface area contributed by atoms with Crippen molar-refractivity contribution in [3.63, 3.8) is 0 Å². The van der Waals surface area contributed by atoms with Crippen LogP contribution in [0.2, 0.25) is 0 Å². The molecule has 1 aliphatic carbocycles. The molecule has 1 unspecified atom stereocenters. The highest BCUT2D eigenvalue weighted by molar-refractivity contribution is 7.81. The highest BCUT2D eigenvalue weighted by atomic mass is 14.3. The van der Waals surface area contributed by atoms with Crippen LogP contribution >= 0.6 is 0 Å². The number of allylic oxidation sites excluding steroid dienone is 4. The van der Waals surface area contributed by atoms with Gasteiger partial charge in [0.15, 0.2) is 0 Å². The topological polar surface area (TPSA) is 23.8 Å². The summed E-state index contributed by atoms with van der Waals surface area (Å²) in [6.07, 6.45) is 7.24. The molecule has 0 fully saturated rings. The van der Waals surface area contributed by atoms with Crippen LogP contribution in [-0.4, -0.2) is 50.8 Å². The first-order valence-corrected chi connectivity index (χ1v) is 5.63. The fourth-order valence-corrected chi connectivity index (χ4v) is 1.20. The number of hydrogen-bond donors (Lipinski definition) is 0.